The number of nitrogens with one attached hydrogen (secondary N) is 2. The van der Waals surface area contributed by atoms with Gasteiger partial charge >= 0.3 is 11.6 Å². The molecule has 9 nitrogen and oxygen atoms in total. The predicted octanol–water partition coefficient (Wildman–Crippen LogP) is 3.63. The number of halogens is 1. The van der Waals surface area contributed by atoms with Crippen molar-refractivity contribution in [1.82, 2.24) is 15.4 Å². The number of hydrogen-bond donors (Lipinski definition) is 2. The molecular weight excluding hydrogens is 430 g/mol. The first-order chi connectivity index (χ1) is 13.5. The van der Waals surface area contributed by atoms with Gasteiger partial charge in [0.05, 0.1) is 11.3 Å². The summed E-state index contributed by atoms with van der Waals surface area (Å²) in [6.45, 7) is 0. The number of rotatable bonds is 7. The molecule has 2 aromatic carbocycles. The van der Waals surface area contributed by atoms with E-state index in [0.29, 0.717) is 5.75 Å². The van der Waals surface area contributed by atoms with Crippen molar-refractivity contribution in [3.8, 4) is 11.6 Å². The van der Waals surface area contributed by atoms with Gasteiger partial charge in [0.25, 0.3) is 0 Å². The van der Waals surface area contributed by atoms with Crippen LogP contribution in [0.15, 0.2) is 65.4 Å². The second kappa shape index (κ2) is 8.91. The summed E-state index contributed by atoms with van der Waals surface area (Å²) in [5.41, 5.74) is 5.17. The molecule has 142 valence electrons. The first-order valence-corrected chi connectivity index (χ1v) is 8.84. The third kappa shape index (κ3) is 5.01. The largest absolute Gasteiger partial charge is 0.434 e. The first kappa shape index (κ1) is 19.2. The van der Waals surface area contributed by atoms with Crippen LogP contribution in [-0.2, 0) is 11.2 Å². The highest BCUT2D eigenvalue weighted by Gasteiger charge is 2.25. The van der Waals surface area contributed by atoms with Gasteiger partial charge < -0.3 is 4.74 Å². The summed E-state index contributed by atoms with van der Waals surface area (Å²) in [6, 6.07) is 15.8. The van der Waals surface area contributed by atoms with Crippen LogP contribution in [0.4, 0.5) is 11.5 Å². The van der Waals surface area contributed by atoms with Crippen molar-refractivity contribution in [2.24, 2.45) is 0 Å². The summed E-state index contributed by atoms with van der Waals surface area (Å²) in [7, 11) is 0. The van der Waals surface area contributed by atoms with Gasteiger partial charge in [0.15, 0.2) is 0 Å². The highest BCUT2D eigenvalue weighted by molar-refractivity contribution is 9.10. The number of anilines is 1. The number of nitrogens with zero attached hydrogens (tertiary/aromatic N) is 3. The lowest BCUT2D eigenvalue weighted by molar-refractivity contribution is -0.385. The second-order valence-corrected chi connectivity index (χ2v) is 6.44. The van der Waals surface area contributed by atoms with Crippen molar-refractivity contribution >= 4 is 33.3 Å². The average molecular weight is 444 g/mol. The highest BCUT2D eigenvalue weighted by atomic mass is 79.9. The van der Waals surface area contributed by atoms with E-state index in [9.17, 15) is 14.9 Å². The summed E-state index contributed by atoms with van der Waals surface area (Å²) in [5.74, 6) is -0.450. The van der Waals surface area contributed by atoms with Crippen LogP contribution in [-0.4, -0.2) is 20.8 Å². The molecule has 2 N–H and O–H groups in total. The summed E-state index contributed by atoms with van der Waals surface area (Å²) in [5, 5.41) is 11.5. The molecule has 1 aromatic heterocycles. The summed E-state index contributed by atoms with van der Waals surface area (Å²) in [6.07, 6.45) is 1.21. The first-order valence-electron chi connectivity index (χ1n) is 8.04. The minimum absolute atomic E-state index is 0.106. The van der Waals surface area contributed by atoms with Crippen LogP contribution >= 0.6 is 15.9 Å². The molecule has 0 spiro atoms. The predicted molar refractivity (Wildman–Crippen MR) is 105 cm³/mol. The smallest absolute Gasteiger partial charge is 0.374 e. The zero-order valence-corrected chi connectivity index (χ0v) is 15.9. The summed E-state index contributed by atoms with van der Waals surface area (Å²) < 4.78 is 6.34. The third-order valence-corrected chi connectivity index (χ3v) is 4.06. The molecule has 1 amide bonds. The third-order valence-electron chi connectivity index (χ3n) is 3.53. The number of ether oxygens (including phenoxy) is 1. The van der Waals surface area contributed by atoms with E-state index in [1.165, 1.54) is 0 Å². The zero-order chi connectivity index (χ0) is 19.9. The normalized spacial score (nSPS) is 10.2. The van der Waals surface area contributed by atoms with E-state index >= 15 is 0 Å². The Balaban J connectivity index is 1.74. The average Bonchev–Trinajstić information content (AvgIpc) is 2.69. The lowest BCUT2D eigenvalue weighted by Crippen LogP contribution is -2.31. The molecule has 0 aliphatic carbocycles. The van der Waals surface area contributed by atoms with Crippen molar-refractivity contribution in [3.05, 3.63) is 81.1 Å². The fourth-order valence-electron chi connectivity index (χ4n) is 2.26. The van der Waals surface area contributed by atoms with Gasteiger partial charge in [-0.2, -0.15) is 4.98 Å². The highest BCUT2D eigenvalue weighted by Crippen LogP contribution is 2.33. The fourth-order valence-corrected chi connectivity index (χ4v) is 2.53. The molecule has 10 heteroatoms. The van der Waals surface area contributed by atoms with Gasteiger partial charge in [0.2, 0.25) is 11.7 Å². The van der Waals surface area contributed by atoms with E-state index in [4.69, 9.17) is 4.74 Å². The van der Waals surface area contributed by atoms with E-state index in [0.717, 1.165) is 16.4 Å². The molecule has 0 bridgehead atoms. The quantitative estimate of drug-likeness (QED) is 0.422. The van der Waals surface area contributed by atoms with Crippen molar-refractivity contribution in [2.75, 3.05) is 5.43 Å². The maximum absolute atomic E-state index is 12.1. The van der Waals surface area contributed by atoms with Crippen molar-refractivity contribution in [1.29, 1.82) is 0 Å². The Morgan fingerprint density at radius 3 is 2.50 bits per heavy atom. The van der Waals surface area contributed by atoms with E-state index < -0.39 is 10.6 Å². The second-order valence-electron chi connectivity index (χ2n) is 5.52. The van der Waals surface area contributed by atoms with Crippen LogP contribution in [0.2, 0.25) is 0 Å². The number of benzene rings is 2. The molecule has 28 heavy (non-hydrogen) atoms. The van der Waals surface area contributed by atoms with Crippen LogP contribution in [0.1, 0.15) is 5.56 Å². The Hall–Kier alpha value is -3.53. The Morgan fingerprint density at radius 2 is 1.82 bits per heavy atom. The SMILES string of the molecule is O=C(Cc1ccccc1)NNc1ncnc(Oc2ccc(Br)cc2)c1[N+](=O)[O-]. The molecule has 3 aromatic rings. The molecule has 0 saturated heterocycles. The van der Waals surface area contributed by atoms with Gasteiger partial charge in [0.1, 0.15) is 12.1 Å². The molecule has 0 aliphatic heterocycles. The van der Waals surface area contributed by atoms with Gasteiger partial charge in [-0.25, -0.2) is 4.98 Å². The Kier molecular flexibility index (Phi) is 6.12. The molecule has 0 fully saturated rings. The molecule has 0 unspecified atom stereocenters. The summed E-state index contributed by atoms with van der Waals surface area (Å²) >= 11 is 3.30. The molecule has 1 heterocycles. The topological polar surface area (TPSA) is 119 Å². The van der Waals surface area contributed by atoms with Crippen LogP contribution < -0.4 is 15.6 Å². The van der Waals surface area contributed by atoms with Gasteiger partial charge in [-0.1, -0.05) is 46.3 Å². The standard InChI is InChI=1S/C18H14BrN5O4/c19-13-6-8-14(9-7-13)28-18-16(24(26)27)17(20-11-21-18)23-22-15(25)10-12-4-2-1-3-5-12/h1-9,11H,10H2,(H,22,25)(H,20,21,23). The Labute approximate surface area is 168 Å². The number of carbonyl (C=O) groups is 1. The molecule has 0 atom stereocenters. The van der Waals surface area contributed by atoms with Crippen molar-refractivity contribution < 1.29 is 14.5 Å². The number of amides is 1. The number of hydrazine groups is 1. The van der Waals surface area contributed by atoms with E-state index in [1.807, 2.05) is 18.2 Å². The van der Waals surface area contributed by atoms with Crippen LogP contribution in [0.5, 0.6) is 11.6 Å². The van der Waals surface area contributed by atoms with Gasteiger partial charge in [-0.05, 0) is 29.8 Å². The monoisotopic (exact) mass is 443 g/mol. The van der Waals surface area contributed by atoms with Crippen LogP contribution in [0.25, 0.3) is 0 Å². The molecule has 0 radical (unpaired) electrons. The molecule has 0 aliphatic rings. The Morgan fingerprint density at radius 1 is 1.11 bits per heavy atom. The maximum Gasteiger partial charge on any atom is 0.374 e. The van der Waals surface area contributed by atoms with E-state index in [-0.39, 0.29) is 24.0 Å². The molecular formula is C18H14BrN5O4. The van der Waals surface area contributed by atoms with Gasteiger partial charge in [0, 0.05) is 4.47 Å². The van der Waals surface area contributed by atoms with Crippen LogP contribution in [0.3, 0.4) is 0 Å². The minimum Gasteiger partial charge on any atom is -0.434 e. The fraction of sp³-hybridized carbons (Fsp3) is 0.0556. The number of aromatic nitrogens is 2. The lowest BCUT2D eigenvalue weighted by Gasteiger charge is -2.10. The van der Waals surface area contributed by atoms with E-state index in [2.05, 4.69) is 36.7 Å². The van der Waals surface area contributed by atoms with Gasteiger partial charge in [-0.15, -0.1) is 0 Å². The van der Waals surface area contributed by atoms with Crippen molar-refractivity contribution in [3.63, 3.8) is 0 Å². The molecule has 3 rings (SSSR count). The number of hydrogen-bond acceptors (Lipinski definition) is 7. The number of carbonyl (C=O) groups excluding carboxylic acids is 1. The molecule has 0 saturated carbocycles. The maximum atomic E-state index is 12.1. The zero-order valence-electron chi connectivity index (χ0n) is 14.3. The Bertz CT molecular complexity index is 983. The lowest BCUT2D eigenvalue weighted by atomic mass is 10.1. The number of nitro groups is 1. The minimum atomic E-state index is -0.681. The van der Waals surface area contributed by atoms with E-state index in [1.54, 1.807) is 36.4 Å². The van der Waals surface area contributed by atoms with Crippen LogP contribution in [0, 0.1) is 10.1 Å². The van der Waals surface area contributed by atoms with Crippen molar-refractivity contribution in [2.45, 2.75) is 6.42 Å². The van der Waals surface area contributed by atoms with Gasteiger partial charge in [-0.3, -0.25) is 25.8 Å². The summed E-state index contributed by atoms with van der Waals surface area (Å²) in [4.78, 5) is 30.5.